The first-order valence-electron chi connectivity index (χ1n) is 8.57. The fourth-order valence-electron chi connectivity index (χ4n) is 4.40. The summed E-state index contributed by atoms with van der Waals surface area (Å²) in [5, 5.41) is 2.90. The number of hydrogen-bond donors (Lipinski definition) is 1. The van der Waals surface area contributed by atoms with Crippen molar-refractivity contribution in [2.24, 2.45) is 17.8 Å². The number of hydrogen-bond acceptors (Lipinski definition) is 3. The van der Waals surface area contributed by atoms with Crippen LogP contribution in [0.4, 0.5) is 0 Å². The molecule has 4 rings (SSSR count). The number of nitrogens with zero attached hydrogens (tertiary/aromatic N) is 2. The molecule has 2 fully saturated rings. The Morgan fingerprint density at radius 3 is 2.96 bits per heavy atom. The van der Waals surface area contributed by atoms with Crippen LogP contribution in [-0.2, 0) is 0 Å². The van der Waals surface area contributed by atoms with Crippen molar-refractivity contribution in [3.05, 3.63) is 44.9 Å². The molecule has 1 amide bonds. The first-order valence-corrected chi connectivity index (χ1v) is 9.36. The zero-order valence-electron chi connectivity index (χ0n) is 13.4. The highest BCUT2D eigenvalue weighted by Gasteiger charge is 2.38. The molecule has 6 heteroatoms. The van der Waals surface area contributed by atoms with Gasteiger partial charge < -0.3 is 5.32 Å². The van der Waals surface area contributed by atoms with E-state index in [2.05, 4.69) is 26.2 Å². The van der Waals surface area contributed by atoms with Gasteiger partial charge in [-0.3, -0.25) is 14.0 Å². The van der Waals surface area contributed by atoms with E-state index >= 15 is 0 Å². The van der Waals surface area contributed by atoms with Crippen molar-refractivity contribution in [2.75, 3.05) is 6.54 Å². The Hall–Kier alpha value is -1.69. The van der Waals surface area contributed by atoms with E-state index < -0.39 is 0 Å². The Morgan fingerprint density at radius 2 is 2.21 bits per heavy atom. The van der Waals surface area contributed by atoms with Crippen molar-refractivity contribution < 1.29 is 4.79 Å². The van der Waals surface area contributed by atoms with Gasteiger partial charge in [0.05, 0.1) is 0 Å². The maximum Gasteiger partial charge on any atom is 0.270 e. The Labute approximate surface area is 148 Å². The largest absolute Gasteiger partial charge is 0.352 e. The zero-order chi connectivity index (χ0) is 16.7. The molecule has 1 N–H and O–H groups in total. The maximum absolute atomic E-state index is 12.5. The minimum absolute atomic E-state index is 0.0959. The molecular weight excluding hydrogens is 370 g/mol. The van der Waals surface area contributed by atoms with Gasteiger partial charge in [0.1, 0.15) is 11.2 Å². The molecule has 0 saturated heterocycles. The topological polar surface area (TPSA) is 63.5 Å². The molecule has 2 saturated carbocycles. The SMILES string of the molecule is O=C(NCC[C@H]1C[C@H]2CC[C@H]1C2)c1cnc2ccc(Br)cn2c1=O. The molecule has 2 bridgehead atoms. The number of rotatable bonds is 4. The van der Waals surface area contributed by atoms with E-state index in [9.17, 15) is 9.59 Å². The van der Waals surface area contributed by atoms with Gasteiger partial charge in [0.25, 0.3) is 11.5 Å². The van der Waals surface area contributed by atoms with Gasteiger partial charge in [-0.15, -0.1) is 0 Å². The third kappa shape index (κ3) is 2.88. The number of halogens is 1. The summed E-state index contributed by atoms with van der Waals surface area (Å²) in [5.41, 5.74) is 0.291. The Balaban J connectivity index is 1.43. The molecule has 0 aliphatic heterocycles. The fourth-order valence-corrected chi connectivity index (χ4v) is 4.74. The minimum Gasteiger partial charge on any atom is -0.352 e. The van der Waals surface area contributed by atoms with Crippen molar-refractivity contribution in [3.8, 4) is 0 Å². The first-order chi connectivity index (χ1) is 11.6. The van der Waals surface area contributed by atoms with Crippen LogP contribution in [0, 0.1) is 17.8 Å². The van der Waals surface area contributed by atoms with E-state index in [4.69, 9.17) is 0 Å². The summed E-state index contributed by atoms with van der Waals surface area (Å²) in [6, 6.07) is 3.55. The summed E-state index contributed by atoms with van der Waals surface area (Å²) in [7, 11) is 0. The predicted molar refractivity (Wildman–Crippen MR) is 95.1 cm³/mol. The second-order valence-electron chi connectivity index (χ2n) is 7.03. The quantitative estimate of drug-likeness (QED) is 0.873. The second kappa shape index (κ2) is 6.31. The molecular formula is C18H20BrN3O2. The molecule has 0 spiro atoms. The van der Waals surface area contributed by atoms with Crippen molar-refractivity contribution in [3.63, 3.8) is 0 Å². The van der Waals surface area contributed by atoms with Gasteiger partial charge in [0.2, 0.25) is 0 Å². The highest BCUT2D eigenvalue weighted by molar-refractivity contribution is 9.10. The number of carbonyl (C=O) groups is 1. The molecule has 2 aromatic rings. The maximum atomic E-state index is 12.5. The van der Waals surface area contributed by atoms with E-state index in [0.717, 1.165) is 28.6 Å². The second-order valence-corrected chi connectivity index (χ2v) is 7.95. The van der Waals surface area contributed by atoms with Crippen LogP contribution in [0.25, 0.3) is 5.65 Å². The van der Waals surface area contributed by atoms with Crippen LogP contribution in [0.3, 0.4) is 0 Å². The summed E-state index contributed by atoms with van der Waals surface area (Å²) in [5.74, 6) is 2.20. The van der Waals surface area contributed by atoms with E-state index in [0.29, 0.717) is 12.2 Å². The average Bonchev–Trinajstić information content (AvgIpc) is 3.18. The summed E-state index contributed by atoms with van der Waals surface area (Å²) >= 11 is 3.34. The lowest BCUT2D eigenvalue weighted by Gasteiger charge is -2.21. The number of fused-ring (bicyclic) bond motifs is 3. The van der Waals surface area contributed by atoms with Crippen LogP contribution >= 0.6 is 15.9 Å². The van der Waals surface area contributed by atoms with Crippen molar-refractivity contribution >= 4 is 27.5 Å². The van der Waals surface area contributed by atoms with Gasteiger partial charge in [0.15, 0.2) is 0 Å². The molecule has 5 nitrogen and oxygen atoms in total. The van der Waals surface area contributed by atoms with Gasteiger partial charge in [-0.25, -0.2) is 4.98 Å². The van der Waals surface area contributed by atoms with Crippen molar-refractivity contribution in [1.29, 1.82) is 0 Å². The summed E-state index contributed by atoms with van der Waals surface area (Å²) in [4.78, 5) is 29.0. The van der Waals surface area contributed by atoms with Crippen LogP contribution in [0.15, 0.2) is 33.8 Å². The van der Waals surface area contributed by atoms with Crippen LogP contribution in [0.1, 0.15) is 42.5 Å². The molecule has 2 heterocycles. The third-order valence-electron chi connectivity index (χ3n) is 5.60. The van der Waals surface area contributed by atoms with Crippen LogP contribution in [0.5, 0.6) is 0 Å². The van der Waals surface area contributed by atoms with Gasteiger partial charge in [-0.2, -0.15) is 0 Å². The van der Waals surface area contributed by atoms with Crippen LogP contribution in [0.2, 0.25) is 0 Å². The molecule has 126 valence electrons. The molecule has 0 radical (unpaired) electrons. The monoisotopic (exact) mass is 389 g/mol. The molecule has 2 aliphatic carbocycles. The van der Waals surface area contributed by atoms with Gasteiger partial charge in [0, 0.05) is 23.4 Å². The van der Waals surface area contributed by atoms with Crippen LogP contribution in [-0.4, -0.2) is 21.8 Å². The summed E-state index contributed by atoms with van der Waals surface area (Å²) in [6.07, 6.45) is 9.46. The Kier molecular flexibility index (Phi) is 4.16. The lowest BCUT2D eigenvalue weighted by atomic mass is 9.86. The molecule has 0 aromatic carbocycles. The van der Waals surface area contributed by atoms with E-state index in [1.165, 1.54) is 36.3 Å². The fraction of sp³-hybridized carbons (Fsp3) is 0.500. The standard InChI is InChI=1S/C18H20BrN3O2/c19-14-3-4-16-21-9-15(18(24)22(16)10-14)17(23)20-6-5-13-8-11-1-2-12(13)7-11/h3-4,9-13H,1-2,5-8H2,(H,20,23)/t11-,12-,13-/m0/s1. The molecule has 0 unspecified atom stereocenters. The van der Waals surface area contributed by atoms with Crippen molar-refractivity contribution in [2.45, 2.75) is 32.1 Å². The molecule has 2 aromatic heterocycles. The average molecular weight is 390 g/mol. The number of carbonyl (C=O) groups excluding carboxylic acids is 1. The summed E-state index contributed by atoms with van der Waals surface area (Å²) < 4.78 is 2.17. The van der Waals surface area contributed by atoms with E-state index in [-0.39, 0.29) is 17.0 Å². The van der Waals surface area contributed by atoms with Gasteiger partial charge in [-0.05, 0) is 71.5 Å². The third-order valence-corrected chi connectivity index (χ3v) is 6.06. The van der Waals surface area contributed by atoms with Gasteiger partial charge in [-0.1, -0.05) is 6.42 Å². The number of pyridine rings is 1. The Morgan fingerprint density at radius 1 is 1.33 bits per heavy atom. The zero-order valence-corrected chi connectivity index (χ0v) is 15.0. The predicted octanol–water partition coefficient (Wildman–Crippen LogP) is 3.01. The lowest BCUT2D eigenvalue weighted by molar-refractivity contribution is 0.0947. The van der Waals surface area contributed by atoms with E-state index in [1.807, 2.05) is 6.07 Å². The lowest BCUT2D eigenvalue weighted by Crippen LogP contribution is -2.33. The number of aromatic nitrogens is 2. The highest BCUT2D eigenvalue weighted by atomic mass is 79.9. The smallest absolute Gasteiger partial charge is 0.270 e. The van der Waals surface area contributed by atoms with Crippen LogP contribution < -0.4 is 10.9 Å². The minimum atomic E-state index is -0.335. The normalized spacial score (nSPS) is 25.3. The molecule has 3 atom stereocenters. The molecule has 2 aliphatic rings. The Bertz CT molecular complexity index is 848. The van der Waals surface area contributed by atoms with Gasteiger partial charge >= 0.3 is 0 Å². The van der Waals surface area contributed by atoms with Crippen molar-refractivity contribution in [1.82, 2.24) is 14.7 Å². The number of nitrogens with one attached hydrogen (secondary N) is 1. The number of amides is 1. The first kappa shape index (κ1) is 15.8. The molecule has 24 heavy (non-hydrogen) atoms. The highest BCUT2D eigenvalue weighted by Crippen LogP contribution is 2.49. The summed E-state index contributed by atoms with van der Waals surface area (Å²) in [6.45, 7) is 0.632. The van der Waals surface area contributed by atoms with E-state index in [1.54, 1.807) is 12.3 Å².